The number of phenolic OH excluding ortho intramolecular Hbond substituents is 1. The number of phenols is 1. The van der Waals surface area contributed by atoms with E-state index < -0.39 is 23.7 Å². The number of benzene rings is 3. The standard InChI is InChI=1S/C29H26N2O7/c1-30-13-14-38-23-12-7-19(16-22(23)30)27(34)25-26(18-5-10-21(32)11-6-18)31(29(36)28(25)35)20-8-3-17(4-9-20)15-24(33)37-2/h3-12,16,26,32,34H,13-15H2,1-2H3/b27-25-. The Morgan fingerprint density at radius 3 is 2.45 bits per heavy atom. The summed E-state index contributed by atoms with van der Waals surface area (Å²) in [5, 5.41) is 21.3. The molecule has 2 N–H and O–H groups in total. The maximum Gasteiger partial charge on any atom is 0.309 e. The molecule has 0 spiro atoms. The first-order chi connectivity index (χ1) is 18.3. The van der Waals surface area contributed by atoms with Crippen molar-refractivity contribution in [2.24, 2.45) is 0 Å². The maximum absolute atomic E-state index is 13.4. The third-order valence-electron chi connectivity index (χ3n) is 6.77. The summed E-state index contributed by atoms with van der Waals surface area (Å²) in [6.45, 7) is 1.21. The molecule has 1 amide bonds. The molecule has 1 atom stereocenters. The quantitative estimate of drug-likeness (QED) is 0.230. The third-order valence-corrected chi connectivity index (χ3v) is 6.77. The van der Waals surface area contributed by atoms with E-state index in [0.29, 0.717) is 41.3 Å². The van der Waals surface area contributed by atoms with Gasteiger partial charge in [0.05, 0.1) is 37.4 Å². The lowest BCUT2D eigenvalue weighted by Gasteiger charge is -2.28. The van der Waals surface area contributed by atoms with Crippen LogP contribution in [0.4, 0.5) is 11.4 Å². The lowest BCUT2D eigenvalue weighted by atomic mass is 9.94. The highest BCUT2D eigenvalue weighted by atomic mass is 16.5. The molecular weight excluding hydrogens is 488 g/mol. The van der Waals surface area contributed by atoms with E-state index in [0.717, 1.165) is 5.69 Å². The Kier molecular flexibility index (Phi) is 6.50. The molecule has 2 heterocycles. The molecule has 3 aromatic carbocycles. The zero-order valence-electron chi connectivity index (χ0n) is 20.9. The van der Waals surface area contributed by atoms with Gasteiger partial charge in [-0.1, -0.05) is 24.3 Å². The molecule has 0 aromatic heterocycles. The van der Waals surface area contributed by atoms with Crippen molar-refractivity contribution in [2.45, 2.75) is 12.5 Å². The first-order valence-corrected chi connectivity index (χ1v) is 12.0. The minimum atomic E-state index is -0.952. The molecule has 2 aliphatic rings. The van der Waals surface area contributed by atoms with Crippen LogP contribution in [-0.4, -0.2) is 55.2 Å². The molecule has 0 saturated carbocycles. The van der Waals surface area contributed by atoms with Crippen LogP contribution in [0.2, 0.25) is 0 Å². The van der Waals surface area contributed by atoms with Crippen LogP contribution in [0.15, 0.2) is 72.3 Å². The summed E-state index contributed by atoms with van der Waals surface area (Å²) in [6.07, 6.45) is 0.0630. The van der Waals surface area contributed by atoms with Crippen LogP contribution in [0, 0.1) is 0 Å². The van der Waals surface area contributed by atoms with Crippen molar-refractivity contribution >= 4 is 34.8 Å². The van der Waals surface area contributed by atoms with E-state index in [1.807, 2.05) is 11.9 Å². The molecule has 0 radical (unpaired) electrons. The van der Waals surface area contributed by atoms with Crippen LogP contribution in [0.25, 0.3) is 5.76 Å². The van der Waals surface area contributed by atoms with Crippen LogP contribution in [0.3, 0.4) is 0 Å². The van der Waals surface area contributed by atoms with Crippen molar-refractivity contribution in [3.8, 4) is 11.5 Å². The fraction of sp³-hybridized carbons (Fsp3) is 0.207. The average Bonchev–Trinajstić information content (AvgIpc) is 3.19. The van der Waals surface area contributed by atoms with E-state index in [2.05, 4.69) is 0 Å². The summed E-state index contributed by atoms with van der Waals surface area (Å²) < 4.78 is 10.4. The second-order valence-electron chi connectivity index (χ2n) is 9.13. The fourth-order valence-electron chi connectivity index (χ4n) is 4.74. The first-order valence-electron chi connectivity index (χ1n) is 12.0. The number of hydrogen-bond donors (Lipinski definition) is 2. The number of carbonyl (C=O) groups excluding carboxylic acids is 3. The van der Waals surface area contributed by atoms with Crippen LogP contribution in [0.5, 0.6) is 11.5 Å². The van der Waals surface area contributed by atoms with Gasteiger partial charge in [0.2, 0.25) is 0 Å². The van der Waals surface area contributed by atoms with Gasteiger partial charge in [-0.25, -0.2) is 0 Å². The van der Waals surface area contributed by atoms with E-state index in [1.165, 1.54) is 24.1 Å². The number of methoxy groups -OCH3 is 1. The van der Waals surface area contributed by atoms with Crippen LogP contribution in [0.1, 0.15) is 22.7 Å². The Bertz CT molecular complexity index is 1440. The van der Waals surface area contributed by atoms with Gasteiger partial charge in [0, 0.05) is 18.3 Å². The number of esters is 1. The van der Waals surface area contributed by atoms with Gasteiger partial charge in [0.1, 0.15) is 23.9 Å². The molecule has 5 rings (SSSR count). The average molecular weight is 515 g/mol. The second kappa shape index (κ2) is 9.93. The summed E-state index contributed by atoms with van der Waals surface area (Å²) in [7, 11) is 3.21. The highest BCUT2D eigenvalue weighted by molar-refractivity contribution is 6.51. The predicted molar refractivity (Wildman–Crippen MR) is 140 cm³/mol. The minimum absolute atomic E-state index is 0.0237. The molecule has 194 valence electrons. The second-order valence-corrected chi connectivity index (χ2v) is 9.13. The lowest BCUT2D eigenvalue weighted by Crippen LogP contribution is -2.29. The van der Waals surface area contributed by atoms with Gasteiger partial charge in [-0.05, 0) is 53.6 Å². The lowest BCUT2D eigenvalue weighted by molar-refractivity contribution is -0.139. The van der Waals surface area contributed by atoms with E-state index >= 15 is 0 Å². The molecule has 1 saturated heterocycles. The number of hydrogen-bond acceptors (Lipinski definition) is 8. The van der Waals surface area contributed by atoms with Crippen molar-refractivity contribution in [2.75, 3.05) is 37.1 Å². The van der Waals surface area contributed by atoms with E-state index in [4.69, 9.17) is 9.47 Å². The number of ketones is 1. The Labute approximate surface area is 219 Å². The van der Waals surface area contributed by atoms with Gasteiger partial charge in [-0.3, -0.25) is 19.3 Å². The number of aliphatic hydroxyl groups is 1. The number of anilines is 2. The van der Waals surface area contributed by atoms with Crippen molar-refractivity contribution in [1.29, 1.82) is 0 Å². The third kappa shape index (κ3) is 4.43. The molecule has 1 unspecified atom stereocenters. The van der Waals surface area contributed by atoms with Crippen molar-refractivity contribution in [1.82, 2.24) is 0 Å². The Morgan fingerprint density at radius 2 is 1.76 bits per heavy atom. The molecule has 3 aromatic rings. The predicted octanol–water partition coefficient (Wildman–Crippen LogP) is 3.56. The molecule has 9 heteroatoms. The highest BCUT2D eigenvalue weighted by Crippen LogP contribution is 2.43. The SMILES string of the molecule is COC(=O)Cc1ccc(N2C(=O)C(=O)/C(=C(\O)c3ccc4c(c3)N(C)CCO4)C2c2ccc(O)cc2)cc1. The largest absolute Gasteiger partial charge is 0.508 e. The van der Waals surface area contributed by atoms with Gasteiger partial charge in [0.25, 0.3) is 11.7 Å². The van der Waals surface area contributed by atoms with Crippen LogP contribution in [-0.2, 0) is 25.5 Å². The zero-order valence-corrected chi connectivity index (χ0v) is 20.9. The molecular formula is C29H26N2O7. The Balaban J connectivity index is 1.62. The summed E-state index contributed by atoms with van der Waals surface area (Å²) in [6, 6.07) is 16.9. The van der Waals surface area contributed by atoms with E-state index in [9.17, 15) is 24.6 Å². The number of fused-ring (bicyclic) bond motifs is 1. The van der Waals surface area contributed by atoms with Gasteiger partial charge in [0.15, 0.2) is 0 Å². The van der Waals surface area contributed by atoms with Crippen molar-refractivity contribution in [3.05, 3.63) is 89.0 Å². The van der Waals surface area contributed by atoms with Crippen molar-refractivity contribution in [3.63, 3.8) is 0 Å². The number of Topliss-reactive ketones (excluding diaryl/α,β-unsaturated/α-hetero) is 1. The van der Waals surface area contributed by atoms with Crippen molar-refractivity contribution < 1.29 is 34.1 Å². The topological polar surface area (TPSA) is 117 Å². The number of nitrogens with zero attached hydrogens (tertiary/aromatic N) is 2. The Hall–Kier alpha value is -4.79. The molecule has 0 aliphatic carbocycles. The smallest absolute Gasteiger partial charge is 0.309 e. The van der Waals surface area contributed by atoms with Gasteiger partial charge < -0.3 is 24.6 Å². The van der Waals surface area contributed by atoms with Gasteiger partial charge in [-0.2, -0.15) is 0 Å². The fourth-order valence-corrected chi connectivity index (χ4v) is 4.74. The number of carbonyl (C=O) groups is 3. The number of likely N-dealkylation sites (N-methyl/N-ethyl adjacent to an activating group) is 1. The highest BCUT2D eigenvalue weighted by Gasteiger charge is 2.47. The monoisotopic (exact) mass is 514 g/mol. The normalized spacial score (nSPS) is 18.2. The number of aliphatic hydroxyl groups excluding tert-OH is 1. The number of rotatable bonds is 5. The molecule has 38 heavy (non-hydrogen) atoms. The molecule has 2 aliphatic heterocycles. The van der Waals surface area contributed by atoms with E-state index in [1.54, 1.807) is 54.6 Å². The van der Waals surface area contributed by atoms with Gasteiger partial charge >= 0.3 is 5.97 Å². The zero-order chi connectivity index (χ0) is 27.0. The summed E-state index contributed by atoms with van der Waals surface area (Å²) in [5.74, 6) is -1.66. The molecule has 0 bridgehead atoms. The van der Waals surface area contributed by atoms with Crippen LogP contribution < -0.4 is 14.5 Å². The van der Waals surface area contributed by atoms with E-state index in [-0.39, 0.29) is 23.5 Å². The maximum atomic E-state index is 13.4. The minimum Gasteiger partial charge on any atom is -0.508 e. The summed E-state index contributed by atoms with van der Waals surface area (Å²) in [5.41, 5.74) is 2.68. The first kappa shape index (κ1) is 24.9. The summed E-state index contributed by atoms with van der Waals surface area (Å²) in [4.78, 5) is 41.7. The Morgan fingerprint density at radius 1 is 1.05 bits per heavy atom. The number of ether oxygens (including phenoxy) is 2. The number of aromatic hydroxyl groups is 1. The number of amides is 1. The summed E-state index contributed by atoms with van der Waals surface area (Å²) >= 11 is 0. The van der Waals surface area contributed by atoms with Crippen LogP contribution >= 0.6 is 0 Å². The molecule has 9 nitrogen and oxygen atoms in total. The van der Waals surface area contributed by atoms with Gasteiger partial charge in [-0.15, -0.1) is 0 Å². The molecule has 1 fully saturated rings.